The van der Waals surface area contributed by atoms with Crippen LogP contribution in [0.15, 0.2) is 58.1 Å². The number of nitrogens with one attached hydrogen (secondary N) is 1. The average molecular weight is 413 g/mol. The van der Waals surface area contributed by atoms with Crippen molar-refractivity contribution in [3.63, 3.8) is 0 Å². The lowest BCUT2D eigenvalue weighted by Crippen LogP contribution is -1.89. The molecule has 6 nitrogen and oxygen atoms in total. The van der Waals surface area contributed by atoms with Crippen LogP contribution >= 0.6 is 23.4 Å². The van der Waals surface area contributed by atoms with E-state index in [0.717, 1.165) is 22.6 Å². The third-order valence-corrected chi connectivity index (χ3v) is 5.23. The van der Waals surface area contributed by atoms with Crippen LogP contribution in [0.3, 0.4) is 0 Å². The van der Waals surface area contributed by atoms with Gasteiger partial charge in [-0.2, -0.15) is 0 Å². The molecule has 1 N–H and O–H groups in total. The molecule has 0 aliphatic carbocycles. The standard InChI is InChI=1S/C20H17ClN4O2S/c1-12-16(22-19(27-12)13-6-4-3-5-7-13)11-28-20-23-18(24-25-20)15-10-14(21)8-9-17(15)26-2/h3-10H,11H2,1-2H3,(H,23,24,25). The number of halogens is 1. The molecule has 4 aromatic rings. The summed E-state index contributed by atoms with van der Waals surface area (Å²) in [6, 6.07) is 15.2. The van der Waals surface area contributed by atoms with Gasteiger partial charge < -0.3 is 9.15 Å². The molecule has 0 fully saturated rings. The number of aromatic amines is 1. The molecule has 28 heavy (non-hydrogen) atoms. The second-order valence-corrected chi connectivity index (χ2v) is 7.37. The minimum absolute atomic E-state index is 0.601. The van der Waals surface area contributed by atoms with Gasteiger partial charge in [0.15, 0.2) is 5.82 Å². The highest BCUT2D eigenvalue weighted by Gasteiger charge is 2.15. The Kier molecular flexibility index (Phi) is 5.36. The van der Waals surface area contributed by atoms with Crippen molar-refractivity contribution < 1.29 is 9.15 Å². The van der Waals surface area contributed by atoms with Crippen LogP contribution in [-0.2, 0) is 5.75 Å². The lowest BCUT2D eigenvalue weighted by Gasteiger charge is -2.05. The van der Waals surface area contributed by atoms with Crippen molar-refractivity contribution in [1.82, 2.24) is 20.2 Å². The van der Waals surface area contributed by atoms with Gasteiger partial charge in [-0.3, -0.25) is 5.10 Å². The van der Waals surface area contributed by atoms with Gasteiger partial charge in [0.2, 0.25) is 11.0 Å². The Balaban J connectivity index is 1.50. The second kappa shape index (κ2) is 8.08. The van der Waals surface area contributed by atoms with Crippen molar-refractivity contribution in [2.24, 2.45) is 0 Å². The van der Waals surface area contributed by atoms with Crippen LogP contribution in [-0.4, -0.2) is 27.3 Å². The molecule has 2 aromatic heterocycles. The number of rotatable bonds is 6. The SMILES string of the molecule is COc1ccc(Cl)cc1-c1nc(SCc2nc(-c3ccccc3)oc2C)n[nH]1. The van der Waals surface area contributed by atoms with Crippen molar-refractivity contribution in [3.05, 3.63) is 65.0 Å². The predicted octanol–water partition coefficient (Wildman–Crippen LogP) is 5.39. The number of thioether (sulfide) groups is 1. The van der Waals surface area contributed by atoms with Crippen LogP contribution in [0.1, 0.15) is 11.5 Å². The number of hydrogen-bond acceptors (Lipinski definition) is 6. The van der Waals surface area contributed by atoms with E-state index in [1.54, 1.807) is 25.3 Å². The Hall–Kier alpha value is -2.77. The first kappa shape index (κ1) is 18.6. The lowest BCUT2D eigenvalue weighted by molar-refractivity contribution is 0.416. The molecule has 8 heteroatoms. The molecule has 0 amide bonds. The zero-order chi connectivity index (χ0) is 19.5. The third-order valence-electron chi connectivity index (χ3n) is 4.13. The molecule has 2 aromatic carbocycles. The molecule has 0 saturated heterocycles. The normalized spacial score (nSPS) is 11.0. The predicted molar refractivity (Wildman–Crippen MR) is 110 cm³/mol. The van der Waals surface area contributed by atoms with Gasteiger partial charge >= 0.3 is 0 Å². The van der Waals surface area contributed by atoms with Crippen LogP contribution in [0.25, 0.3) is 22.8 Å². The number of aryl methyl sites for hydroxylation is 1. The van der Waals surface area contributed by atoms with E-state index in [9.17, 15) is 0 Å². The van der Waals surface area contributed by atoms with E-state index in [0.29, 0.717) is 33.4 Å². The molecule has 2 heterocycles. The number of hydrogen-bond donors (Lipinski definition) is 1. The number of nitrogens with zero attached hydrogens (tertiary/aromatic N) is 3. The van der Waals surface area contributed by atoms with Crippen LogP contribution < -0.4 is 4.74 Å². The van der Waals surface area contributed by atoms with Crippen LogP contribution in [0.4, 0.5) is 0 Å². The van der Waals surface area contributed by atoms with E-state index in [4.69, 9.17) is 20.8 Å². The lowest BCUT2D eigenvalue weighted by atomic mass is 10.2. The highest BCUT2D eigenvalue weighted by atomic mass is 35.5. The van der Waals surface area contributed by atoms with Crippen LogP contribution in [0, 0.1) is 6.92 Å². The fraction of sp³-hybridized carbons (Fsp3) is 0.150. The maximum atomic E-state index is 6.10. The van der Waals surface area contributed by atoms with Crippen molar-refractivity contribution in [2.45, 2.75) is 17.8 Å². The maximum Gasteiger partial charge on any atom is 0.226 e. The summed E-state index contributed by atoms with van der Waals surface area (Å²) in [6.45, 7) is 1.91. The largest absolute Gasteiger partial charge is 0.496 e. The quantitative estimate of drug-likeness (QED) is 0.428. The van der Waals surface area contributed by atoms with E-state index in [1.165, 1.54) is 11.8 Å². The molecule has 0 unspecified atom stereocenters. The van der Waals surface area contributed by atoms with Gasteiger partial charge in [0, 0.05) is 16.3 Å². The van der Waals surface area contributed by atoms with Gasteiger partial charge in [0.05, 0.1) is 18.4 Å². The van der Waals surface area contributed by atoms with Crippen molar-refractivity contribution in [2.75, 3.05) is 7.11 Å². The molecule has 0 radical (unpaired) electrons. The zero-order valence-electron chi connectivity index (χ0n) is 15.3. The van der Waals surface area contributed by atoms with E-state index >= 15 is 0 Å². The number of ether oxygens (including phenoxy) is 1. The molecule has 0 aliphatic heterocycles. The van der Waals surface area contributed by atoms with Crippen LogP contribution in [0.5, 0.6) is 5.75 Å². The Labute approximate surface area is 171 Å². The Morgan fingerprint density at radius 3 is 2.75 bits per heavy atom. The molecule has 142 valence electrons. The monoisotopic (exact) mass is 412 g/mol. The highest BCUT2D eigenvalue weighted by Crippen LogP contribution is 2.32. The first-order valence-electron chi connectivity index (χ1n) is 8.55. The van der Waals surface area contributed by atoms with Gasteiger partial charge in [-0.05, 0) is 37.3 Å². The molecule has 0 spiro atoms. The molecular formula is C20H17ClN4O2S. The molecule has 4 rings (SSSR count). The highest BCUT2D eigenvalue weighted by molar-refractivity contribution is 7.98. The summed E-state index contributed by atoms with van der Waals surface area (Å²) < 4.78 is 11.2. The summed E-state index contributed by atoms with van der Waals surface area (Å²) in [4.78, 5) is 9.15. The van der Waals surface area contributed by atoms with Gasteiger partial charge in [0.1, 0.15) is 11.5 Å². The fourth-order valence-corrected chi connectivity index (χ4v) is 3.67. The molecular weight excluding hydrogens is 396 g/mol. The fourth-order valence-electron chi connectivity index (χ4n) is 2.70. The molecule has 0 aliphatic rings. The van der Waals surface area contributed by atoms with Crippen molar-refractivity contribution >= 4 is 23.4 Å². The summed E-state index contributed by atoms with van der Waals surface area (Å²) in [7, 11) is 1.61. The summed E-state index contributed by atoms with van der Waals surface area (Å²) >= 11 is 7.58. The Morgan fingerprint density at radius 2 is 1.96 bits per heavy atom. The minimum atomic E-state index is 0.601. The van der Waals surface area contributed by atoms with E-state index < -0.39 is 0 Å². The number of oxazole rings is 1. The molecule has 0 atom stereocenters. The first-order valence-corrected chi connectivity index (χ1v) is 9.91. The van der Waals surface area contributed by atoms with Gasteiger partial charge in [-0.1, -0.05) is 41.6 Å². The van der Waals surface area contributed by atoms with E-state index in [1.807, 2.05) is 37.3 Å². The topological polar surface area (TPSA) is 76.8 Å². The number of aromatic nitrogens is 4. The Morgan fingerprint density at radius 1 is 1.14 bits per heavy atom. The van der Waals surface area contributed by atoms with Gasteiger partial charge in [-0.15, -0.1) is 5.10 Å². The number of benzene rings is 2. The van der Waals surface area contributed by atoms with Gasteiger partial charge in [0.25, 0.3) is 0 Å². The van der Waals surface area contributed by atoms with Gasteiger partial charge in [-0.25, -0.2) is 9.97 Å². The third kappa shape index (κ3) is 3.90. The van der Waals surface area contributed by atoms with Crippen molar-refractivity contribution in [1.29, 1.82) is 0 Å². The summed E-state index contributed by atoms with van der Waals surface area (Å²) in [5, 5.41) is 8.44. The molecule has 0 saturated carbocycles. The smallest absolute Gasteiger partial charge is 0.226 e. The number of H-pyrrole nitrogens is 1. The second-order valence-electron chi connectivity index (χ2n) is 5.99. The van der Waals surface area contributed by atoms with Crippen LogP contribution in [0.2, 0.25) is 5.02 Å². The van der Waals surface area contributed by atoms with Crippen molar-refractivity contribution in [3.8, 4) is 28.6 Å². The summed E-state index contributed by atoms with van der Waals surface area (Å²) in [6.07, 6.45) is 0. The van der Waals surface area contributed by atoms with E-state index in [2.05, 4.69) is 20.2 Å². The first-order chi connectivity index (χ1) is 13.6. The number of methoxy groups -OCH3 is 1. The summed E-state index contributed by atoms with van der Waals surface area (Å²) in [5.74, 6) is 3.29. The average Bonchev–Trinajstić information content (AvgIpc) is 3.33. The Bertz CT molecular complexity index is 1090. The van der Waals surface area contributed by atoms with E-state index in [-0.39, 0.29) is 0 Å². The maximum absolute atomic E-state index is 6.10. The summed E-state index contributed by atoms with van der Waals surface area (Å²) in [5.41, 5.74) is 2.59. The molecule has 0 bridgehead atoms. The minimum Gasteiger partial charge on any atom is -0.496 e. The zero-order valence-corrected chi connectivity index (χ0v) is 16.8.